The van der Waals surface area contributed by atoms with E-state index in [2.05, 4.69) is 33.8 Å². The number of ether oxygens (including phenoxy) is 1. The van der Waals surface area contributed by atoms with Crippen molar-refractivity contribution in [2.75, 3.05) is 13.0 Å². The van der Waals surface area contributed by atoms with E-state index in [9.17, 15) is 9.67 Å². The molecule has 35 heavy (non-hydrogen) atoms. The summed E-state index contributed by atoms with van der Waals surface area (Å²) in [7, 11) is -3.37. The molecule has 3 aromatic rings. The molecule has 1 N–H and O–H groups in total. The average molecular weight is 495 g/mol. The number of benzene rings is 3. The van der Waals surface area contributed by atoms with Crippen LogP contribution in [0.3, 0.4) is 0 Å². The molecule has 0 unspecified atom stereocenters. The molecule has 1 aliphatic heterocycles. The quantitative estimate of drug-likeness (QED) is 0.340. The minimum absolute atomic E-state index is 0.122. The summed E-state index contributed by atoms with van der Waals surface area (Å²) in [5.74, 6) is 1.25. The van der Waals surface area contributed by atoms with Gasteiger partial charge in [0.05, 0.1) is 12.7 Å². The molecule has 1 heterocycles. The van der Waals surface area contributed by atoms with Crippen LogP contribution in [0.2, 0.25) is 0 Å². The first-order valence-corrected chi connectivity index (χ1v) is 13.9. The number of rotatable bonds is 7. The van der Waals surface area contributed by atoms with Crippen LogP contribution in [0.25, 0.3) is 0 Å². The second-order valence-corrected chi connectivity index (χ2v) is 11.7. The van der Waals surface area contributed by atoms with E-state index in [1.165, 1.54) is 11.1 Å². The van der Waals surface area contributed by atoms with Crippen molar-refractivity contribution in [2.45, 2.75) is 59.5 Å². The predicted octanol–water partition coefficient (Wildman–Crippen LogP) is 7.74. The van der Waals surface area contributed by atoms with Gasteiger partial charge in [0.15, 0.2) is 6.35 Å². The molecule has 5 nitrogen and oxygen atoms in total. The van der Waals surface area contributed by atoms with E-state index in [4.69, 9.17) is 13.8 Å². The van der Waals surface area contributed by atoms with E-state index in [1.54, 1.807) is 6.07 Å². The third kappa shape index (κ3) is 6.16. The highest BCUT2D eigenvalue weighted by molar-refractivity contribution is 7.53. The number of hydrogen-bond donors (Lipinski definition) is 1. The lowest BCUT2D eigenvalue weighted by Crippen LogP contribution is -2.17. The van der Waals surface area contributed by atoms with Crippen molar-refractivity contribution >= 4 is 7.60 Å². The van der Waals surface area contributed by atoms with Gasteiger partial charge in [0.1, 0.15) is 11.5 Å². The Hall–Kier alpha value is -2.59. The van der Waals surface area contributed by atoms with Gasteiger partial charge in [0.2, 0.25) is 0 Å². The fraction of sp³-hybridized carbons (Fsp3) is 0.379. The Morgan fingerprint density at radius 1 is 1.03 bits per heavy atom. The van der Waals surface area contributed by atoms with Gasteiger partial charge in [-0.25, -0.2) is 0 Å². The monoisotopic (exact) mass is 494 g/mol. The molecule has 1 saturated heterocycles. The molecule has 4 rings (SSSR count). The lowest BCUT2D eigenvalue weighted by molar-refractivity contribution is 0.0725. The highest BCUT2D eigenvalue weighted by Crippen LogP contribution is 2.56. The molecule has 6 heteroatoms. The SMILES string of the molecule is Cc1ccc([C@H]2CCO[P@@](=O)(COc3cc(C)c(Cc4ccc(O)c(C(C)C)c4)c(C)c3)O2)cc1. The molecule has 0 radical (unpaired) electrons. The number of phenolic OH excluding ortho intramolecular Hbond substituents is 1. The van der Waals surface area contributed by atoms with E-state index in [0.29, 0.717) is 24.5 Å². The summed E-state index contributed by atoms with van der Waals surface area (Å²) in [6, 6.07) is 17.9. The minimum atomic E-state index is -3.37. The summed E-state index contributed by atoms with van der Waals surface area (Å²) < 4.78 is 30.7. The highest BCUT2D eigenvalue weighted by atomic mass is 31.2. The third-order valence-corrected chi connectivity index (χ3v) is 8.16. The van der Waals surface area contributed by atoms with E-state index in [1.807, 2.05) is 49.4 Å². The van der Waals surface area contributed by atoms with Gasteiger partial charge in [-0.15, -0.1) is 0 Å². The zero-order valence-corrected chi connectivity index (χ0v) is 22.1. The lowest BCUT2D eigenvalue weighted by atomic mass is 9.93. The van der Waals surface area contributed by atoms with Crippen molar-refractivity contribution in [3.05, 3.63) is 93.5 Å². The topological polar surface area (TPSA) is 65.0 Å². The Kier molecular flexibility index (Phi) is 7.70. The first-order chi connectivity index (χ1) is 16.6. The Morgan fingerprint density at radius 3 is 2.37 bits per heavy atom. The maximum atomic E-state index is 13.3. The first kappa shape index (κ1) is 25.5. The minimum Gasteiger partial charge on any atom is -0.508 e. The van der Waals surface area contributed by atoms with E-state index >= 15 is 0 Å². The molecule has 0 bridgehead atoms. The van der Waals surface area contributed by atoms with Gasteiger partial charge in [0.25, 0.3) is 0 Å². The highest BCUT2D eigenvalue weighted by Gasteiger charge is 2.35. The normalized spacial score (nSPS) is 20.2. The van der Waals surface area contributed by atoms with Crippen LogP contribution in [0.15, 0.2) is 54.6 Å². The number of aryl methyl sites for hydroxylation is 3. The second-order valence-electron chi connectivity index (χ2n) is 9.77. The Morgan fingerprint density at radius 2 is 1.71 bits per heavy atom. The zero-order chi connectivity index (χ0) is 25.2. The van der Waals surface area contributed by atoms with E-state index < -0.39 is 7.60 Å². The molecule has 0 saturated carbocycles. The number of phenols is 1. The van der Waals surface area contributed by atoms with Crippen molar-refractivity contribution < 1.29 is 23.5 Å². The van der Waals surface area contributed by atoms with Crippen molar-refractivity contribution in [1.82, 2.24) is 0 Å². The van der Waals surface area contributed by atoms with Crippen LogP contribution >= 0.6 is 7.60 Å². The van der Waals surface area contributed by atoms with Crippen LogP contribution in [0.4, 0.5) is 0 Å². The lowest BCUT2D eigenvalue weighted by Gasteiger charge is -2.30. The Bertz CT molecular complexity index is 1210. The summed E-state index contributed by atoms with van der Waals surface area (Å²) in [4.78, 5) is 0. The zero-order valence-electron chi connectivity index (χ0n) is 21.2. The maximum Gasteiger partial charge on any atom is 0.368 e. The van der Waals surface area contributed by atoms with Gasteiger partial charge >= 0.3 is 7.60 Å². The number of aromatic hydroxyl groups is 1. The molecule has 1 aliphatic rings. The second kappa shape index (κ2) is 10.6. The molecule has 186 valence electrons. The van der Waals surface area contributed by atoms with Crippen LogP contribution in [-0.2, 0) is 20.0 Å². The van der Waals surface area contributed by atoms with Crippen molar-refractivity contribution in [1.29, 1.82) is 0 Å². The Labute approximate surface area is 208 Å². The van der Waals surface area contributed by atoms with Crippen LogP contribution in [0.1, 0.15) is 71.2 Å². The van der Waals surface area contributed by atoms with Gasteiger partial charge in [-0.05, 0) is 84.7 Å². The van der Waals surface area contributed by atoms with Gasteiger partial charge < -0.3 is 14.4 Å². The van der Waals surface area contributed by atoms with Gasteiger partial charge in [-0.1, -0.05) is 55.8 Å². The predicted molar refractivity (Wildman–Crippen MR) is 140 cm³/mol. The number of hydrogen-bond acceptors (Lipinski definition) is 5. The smallest absolute Gasteiger partial charge is 0.368 e. The molecule has 3 aromatic carbocycles. The van der Waals surface area contributed by atoms with E-state index in [-0.39, 0.29) is 18.4 Å². The van der Waals surface area contributed by atoms with Crippen molar-refractivity contribution in [3.8, 4) is 11.5 Å². The summed E-state index contributed by atoms with van der Waals surface area (Å²) in [5.41, 5.74) is 7.70. The standard InChI is InChI=1S/C29H35O5P/c1-19(2)26-16-23(8-11-28(26)30)17-27-21(4)14-25(15-22(27)5)32-18-35(31)33-13-12-29(34-35)24-9-6-20(3)7-10-24/h6-11,14-16,19,29-30H,12-13,17-18H2,1-5H3/t29-,35+/m1/s1. The molecular weight excluding hydrogens is 459 g/mol. The molecule has 0 aliphatic carbocycles. The first-order valence-electron chi connectivity index (χ1n) is 12.2. The van der Waals surface area contributed by atoms with Gasteiger partial charge in [-0.2, -0.15) is 0 Å². The fourth-order valence-electron chi connectivity index (χ4n) is 4.50. The van der Waals surface area contributed by atoms with Gasteiger partial charge in [0, 0.05) is 6.42 Å². The molecular formula is C29H35O5P. The third-order valence-electron chi connectivity index (χ3n) is 6.56. The average Bonchev–Trinajstić information content (AvgIpc) is 2.81. The largest absolute Gasteiger partial charge is 0.508 e. The molecule has 0 aromatic heterocycles. The molecule has 1 fully saturated rings. The van der Waals surface area contributed by atoms with Crippen LogP contribution in [-0.4, -0.2) is 18.1 Å². The summed E-state index contributed by atoms with van der Waals surface area (Å²) >= 11 is 0. The van der Waals surface area contributed by atoms with Crippen LogP contribution in [0, 0.1) is 20.8 Å². The fourth-order valence-corrected chi connectivity index (χ4v) is 6.00. The summed E-state index contributed by atoms with van der Waals surface area (Å²) in [5, 5.41) is 10.1. The Balaban J connectivity index is 1.44. The summed E-state index contributed by atoms with van der Waals surface area (Å²) in [6.45, 7) is 10.7. The maximum absolute atomic E-state index is 13.3. The van der Waals surface area contributed by atoms with Gasteiger partial charge in [-0.3, -0.25) is 9.09 Å². The molecule has 2 atom stereocenters. The van der Waals surface area contributed by atoms with Crippen LogP contribution < -0.4 is 4.74 Å². The molecule has 0 amide bonds. The van der Waals surface area contributed by atoms with Crippen LogP contribution in [0.5, 0.6) is 11.5 Å². The summed E-state index contributed by atoms with van der Waals surface area (Å²) in [6.07, 6.45) is 1.05. The van der Waals surface area contributed by atoms with Crippen molar-refractivity contribution in [2.24, 2.45) is 0 Å². The van der Waals surface area contributed by atoms with E-state index in [0.717, 1.165) is 34.2 Å². The van der Waals surface area contributed by atoms with Crippen molar-refractivity contribution in [3.63, 3.8) is 0 Å². The molecule has 0 spiro atoms.